The SMILES string of the molecule is O=C(O)CCCN1C(=O)COc2ccc([N+](=O)[O-])cc21. The van der Waals surface area contributed by atoms with Crippen LogP contribution >= 0.6 is 0 Å². The molecule has 1 aliphatic heterocycles. The number of ether oxygens (including phenoxy) is 1. The lowest BCUT2D eigenvalue weighted by Gasteiger charge is -2.28. The molecule has 0 saturated heterocycles. The Morgan fingerprint density at radius 2 is 2.25 bits per heavy atom. The molecule has 0 aliphatic carbocycles. The van der Waals surface area contributed by atoms with Gasteiger partial charge in [0, 0.05) is 25.1 Å². The van der Waals surface area contributed by atoms with Crippen molar-refractivity contribution in [1.82, 2.24) is 0 Å². The van der Waals surface area contributed by atoms with Gasteiger partial charge in [0.05, 0.1) is 10.6 Å². The molecule has 1 aromatic carbocycles. The fourth-order valence-corrected chi connectivity index (χ4v) is 1.94. The number of nitrogens with zero attached hydrogens (tertiary/aromatic N) is 2. The number of nitro benzene ring substituents is 1. The molecule has 1 aromatic rings. The number of benzene rings is 1. The van der Waals surface area contributed by atoms with E-state index in [0.717, 1.165) is 0 Å². The maximum Gasteiger partial charge on any atom is 0.303 e. The molecule has 0 fully saturated rings. The highest BCUT2D eigenvalue weighted by Crippen LogP contribution is 2.35. The minimum Gasteiger partial charge on any atom is -0.482 e. The molecule has 0 spiro atoms. The van der Waals surface area contributed by atoms with Crippen molar-refractivity contribution in [2.75, 3.05) is 18.1 Å². The van der Waals surface area contributed by atoms with Crippen molar-refractivity contribution in [3.05, 3.63) is 28.3 Å². The molecule has 0 unspecified atom stereocenters. The number of carboxylic acid groups (broad SMARTS) is 1. The van der Waals surface area contributed by atoms with Gasteiger partial charge in [-0.2, -0.15) is 0 Å². The summed E-state index contributed by atoms with van der Waals surface area (Å²) < 4.78 is 5.20. The number of hydrogen-bond acceptors (Lipinski definition) is 5. The molecule has 0 bridgehead atoms. The number of rotatable bonds is 5. The van der Waals surface area contributed by atoms with Gasteiger partial charge in [0.1, 0.15) is 5.75 Å². The van der Waals surface area contributed by atoms with Crippen LogP contribution in [-0.2, 0) is 9.59 Å². The first-order valence-corrected chi connectivity index (χ1v) is 5.92. The highest BCUT2D eigenvalue weighted by molar-refractivity contribution is 5.98. The summed E-state index contributed by atoms with van der Waals surface area (Å²) in [5.74, 6) is -0.918. The molecule has 1 aliphatic rings. The zero-order valence-corrected chi connectivity index (χ0v) is 10.4. The smallest absolute Gasteiger partial charge is 0.303 e. The van der Waals surface area contributed by atoms with E-state index in [1.165, 1.54) is 23.1 Å². The van der Waals surface area contributed by atoms with Gasteiger partial charge in [0.15, 0.2) is 6.61 Å². The third kappa shape index (κ3) is 2.85. The highest BCUT2D eigenvalue weighted by atomic mass is 16.6. The predicted molar refractivity (Wildman–Crippen MR) is 67.8 cm³/mol. The quantitative estimate of drug-likeness (QED) is 0.640. The number of nitro groups is 1. The minimum atomic E-state index is -0.954. The normalized spacial score (nSPS) is 13.6. The van der Waals surface area contributed by atoms with E-state index in [4.69, 9.17) is 9.84 Å². The Hall–Kier alpha value is -2.64. The standard InChI is InChI=1S/C12H12N2O6/c15-11-7-20-10-4-3-8(14(18)19)6-9(10)13(11)5-1-2-12(16)17/h3-4,6H,1-2,5,7H2,(H,16,17). The monoisotopic (exact) mass is 280 g/mol. The van der Waals surface area contributed by atoms with Crippen molar-refractivity contribution >= 4 is 23.3 Å². The van der Waals surface area contributed by atoms with Crippen LogP contribution in [0, 0.1) is 10.1 Å². The summed E-state index contributed by atoms with van der Waals surface area (Å²) in [4.78, 5) is 33.8. The fraction of sp³-hybridized carbons (Fsp3) is 0.333. The van der Waals surface area contributed by atoms with E-state index in [1.54, 1.807) is 0 Å². The minimum absolute atomic E-state index is 0.0745. The summed E-state index contributed by atoms with van der Waals surface area (Å²) >= 11 is 0. The molecule has 2 rings (SSSR count). The van der Waals surface area contributed by atoms with Gasteiger partial charge in [-0.15, -0.1) is 0 Å². The largest absolute Gasteiger partial charge is 0.482 e. The van der Waals surface area contributed by atoms with Crippen molar-refractivity contribution in [2.24, 2.45) is 0 Å². The third-order valence-electron chi connectivity index (χ3n) is 2.87. The first-order valence-electron chi connectivity index (χ1n) is 5.92. The summed E-state index contributed by atoms with van der Waals surface area (Å²) in [7, 11) is 0. The van der Waals surface area contributed by atoms with Crippen LogP contribution in [0.5, 0.6) is 5.75 Å². The van der Waals surface area contributed by atoms with Crippen LogP contribution in [0.4, 0.5) is 11.4 Å². The number of fused-ring (bicyclic) bond motifs is 1. The number of non-ortho nitro benzene ring substituents is 1. The Kier molecular flexibility index (Phi) is 3.83. The van der Waals surface area contributed by atoms with E-state index < -0.39 is 10.9 Å². The van der Waals surface area contributed by atoms with Crippen LogP contribution in [0.25, 0.3) is 0 Å². The molecular formula is C12H12N2O6. The average molecular weight is 280 g/mol. The maximum absolute atomic E-state index is 11.8. The van der Waals surface area contributed by atoms with Gasteiger partial charge < -0.3 is 14.7 Å². The number of carboxylic acids is 1. The van der Waals surface area contributed by atoms with Crippen molar-refractivity contribution in [3.63, 3.8) is 0 Å². The number of hydrogen-bond donors (Lipinski definition) is 1. The highest BCUT2D eigenvalue weighted by Gasteiger charge is 2.27. The zero-order valence-electron chi connectivity index (χ0n) is 10.4. The number of carbonyl (C=O) groups excluding carboxylic acids is 1. The average Bonchev–Trinajstić information content (AvgIpc) is 2.40. The van der Waals surface area contributed by atoms with Crippen LogP contribution in [0.1, 0.15) is 12.8 Å². The molecule has 20 heavy (non-hydrogen) atoms. The molecule has 0 radical (unpaired) electrons. The second-order valence-corrected chi connectivity index (χ2v) is 4.24. The summed E-state index contributed by atoms with van der Waals surface area (Å²) in [6.07, 6.45) is 0.193. The van der Waals surface area contributed by atoms with Crippen molar-refractivity contribution in [2.45, 2.75) is 12.8 Å². The molecule has 8 heteroatoms. The molecule has 1 N–H and O–H groups in total. The lowest BCUT2D eigenvalue weighted by atomic mass is 10.2. The van der Waals surface area contributed by atoms with E-state index in [-0.39, 0.29) is 37.6 Å². The summed E-state index contributed by atoms with van der Waals surface area (Å²) in [5, 5.41) is 19.4. The lowest BCUT2D eigenvalue weighted by Crippen LogP contribution is -2.39. The molecule has 1 amide bonds. The Bertz CT molecular complexity index is 571. The molecule has 1 heterocycles. The van der Waals surface area contributed by atoms with Crippen LogP contribution in [0.3, 0.4) is 0 Å². The summed E-state index contributed by atoms with van der Waals surface area (Å²) in [6.45, 7) is 0.0283. The first kappa shape index (κ1) is 13.8. The summed E-state index contributed by atoms with van der Waals surface area (Å²) in [6, 6.07) is 3.99. The van der Waals surface area contributed by atoms with Gasteiger partial charge in [0.25, 0.3) is 11.6 Å². The van der Waals surface area contributed by atoms with Gasteiger partial charge in [0.2, 0.25) is 0 Å². The number of aliphatic carboxylic acids is 1. The van der Waals surface area contributed by atoms with Crippen molar-refractivity contribution in [1.29, 1.82) is 0 Å². The topological polar surface area (TPSA) is 110 Å². The van der Waals surface area contributed by atoms with Crippen LogP contribution < -0.4 is 9.64 Å². The van der Waals surface area contributed by atoms with Crippen molar-refractivity contribution in [3.8, 4) is 5.75 Å². The molecule has 8 nitrogen and oxygen atoms in total. The lowest BCUT2D eigenvalue weighted by molar-refractivity contribution is -0.384. The van der Waals surface area contributed by atoms with Gasteiger partial charge in [-0.05, 0) is 12.5 Å². The van der Waals surface area contributed by atoms with E-state index >= 15 is 0 Å². The van der Waals surface area contributed by atoms with Crippen LogP contribution in [0.15, 0.2) is 18.2 Å². The summed E-state index contributed by atoms with van der Waals surface area (Å²) in [5.41, 5.74) is 0.158. The van der Waals surface area contributed by atoms with Gasteiger partial charge in [-0.1, -0.05) is 0 Å². The number of amides is 1. The third-order valence-corrected chi connectivity index (χ3v) is 2.87. The van der Waals surface area contributed by atoms with E-state index in [1.807, 2.05) is 0 Å². The number of anilines is 1. The molecule has 0 atom stereocenters. The van der Waals surface area contributed by atoms with Gasteiger partial charge >= 0.3 is 5.97 Å². The first-order chi connectivity index (χ1) is 9.49. The van der Waals surface area contributed by atoms with Crippen LogP contribution in [0.2, 0.25) is 0 Å². The second-order valence-electron chi connectivity index (χ2n) is 4.24. The number of carbonyl (C=O) groups is 2. The fourth-order valence-electron chi connectivity index (χ4n) is 1.94. The Morgan fingerprint density at radius 1 is 1.50 bits per heavy atom. The molecule has 0 saturated carbocycles. The maximum atomic E-state index is 11.8. The molecular weight excluding hydrogens is 268 g/mol. The predicted octanol–water partition coefficient (Wildman–Crippen LogP) is 1.18. The van der Waals surface area contributed by atoms with E-state index in [0.29, 0.717) is 11.4 Å². The Labute approximate surface area is 113 Å². The Balaban J connectivity index is 2.24. The van der Waals surface area contributed by atoms with Crippen LogP contribution in [-0.4, -0.2) is 35.1 Å². The zero-order chi connectivity index (χ0) is 14.7. The second kappa shape index (κ2) is 5.55. The van der Waals surface area contributed by atoms with E-state index in [2.05, 4.69) is 0 Å². The molecule has 106 valence electrons. The van der Waals surface area contributed by atoms with Crippen molar-refractivity contribution < 1.29 is 24.4 Å². The van der Waals surface area contributed by atoms with Gasteiger partial charge in [-0.3, -0.25) is 19.7 Å². The molecule has 0 aromatic heterocycles. The van der Waals surface area contributed by atoms with Gasteiger partial charge in [-0.25, -0.2) is 0 Å². The van der Waals surface area contributed by atoms with E-state index in [9.17, 15) is 19.7 Å². The Morgan fingerprint density at radius 3 is 2.90 bits per heavy atom.